The molecule has 1 aromatic carbocycles. The van der Waals surface area contributed by atoms with Crippen LogP contribution in [-0.4, -0.2) is 60.0 Å². The molecule has 1 saturated heterocycles. The standard InChI is InChI=1S/C23H36N4O/c1-4-27-19-23(16-24-27)18-26-11-9-21(10-12-26)15-20-5-7-22(8-6-20)17-25(2)13-14-28-3/h5-8,16,19,21H,4,9-15,17-18H2,1-3H3. The summed E-state index contributed by atoms with van der Waals surface area (Å²) in [5.74, 6) is 0.810. The molecule has 1 aromatic heterocycles. The molecule has 28 heavy (non-hydrogen) atoms. The van der Waals surface area contributed by atoms with Gasteiger partial charge in [-0.2, -0.15) is 5.10 Å². The summed E-state index contributed by atoms with van der Waals surface area (Å²) in [5.41, 5.74) is 4.20. The molecule has 5 heteroatoms. The lowest BCUT2D eigenvalue weighted by Crippen LogP contribution is -2.33. The Bertz CT molecular complexity index is 689. The largest absolute Gasteiger partial charge is 0.383 e. The van der Waals surface area contributed by atoms with Crippen molar-refractivity contribution >= 4 is 0 Å². The van der Waals surface area contributed by atoms with E-state index in [2.05, 4.69) is 59.3 Å². The second kappa shape index (κ2) is 10.7. The molecule has 3 rings (SSSR count). The van der Waals surface area contributed by atoms with Gasteiger partial charge < -0.3 is 4.74 Å². The second-order valence-electron chi connectivity index (χ2n) is 8.18. The zero-order valence-corrected chi connectivity index (χ0v) is 17.8. The van der Waals surface area contributed by atoms with E-state index in [0.29, 0.717) is 0 Å². The van der Waals surface area contributed by atoms with E-state index in [1.807, 2.05) is 10.9 Å². The fraction of sp³-hybridized carbons (Fsp3) is 0.609. The summed E-state index contributed by atoms with van der Waals surface area (Å²) in [4.78, 5) is 4.88. The Balaban J connectivity index is 1.40. The minimum Gasteiger partial charge on any atom is -0.383 e. The van der Waals surface area contributed by atoms with Crippen LogP contribution in [0.1, 0.15) is 36.5 Å². The predicted octanol–water partition coefficient (Wildman–Crippen LogP) is 3.44. The van der Waals surface area contributed by atoms with Crippen molar-refractivity contribution < 1.29 is 4.74 Å². The molecule has 0 saturated carbocycles. The monoisotopic (exact) mass is 384 g/mol. The Labute approximate surface area is 170 Å². The van der Waals surface area contributed by atoms with E-state index in [-0.39, 0.29) is 0 Å². The van der Waals surface area contributed by atoms with Gasteiger partial charge in [0.1, 0.15) is 0 Å². The van der Waals surface area contributed by atoms with Gasteiger partial charge in [-0.1, -0.05) is 24.3 Å². The molecular formula is C23H36N4O. The second-order valence-corrected chi connectivity index (χ2v) is 8.18. The minimum atomic E-state index is 0.786. The number of ether oxygens (including phenoxy) is 1. The van der Waals surface area contributed by atoms with Crippen molar-refractivity contribution in [2.45, 2.75) is 45.8 Å². The van der Waals surface area contributed by atoms with Crippen LogP contribution in [0.15, 0.2) is 36.7 Å². The van der Waals surface area contributed by atoms with E-state index in [4.69, 9.17) is 4.74 Å². The number of likely N-dealkylation sites (tertiary alicyclic amines) is 1. The van der Waals surface area contributed by atoms with Gasteiger partial charge in [-0.15, -0.1) is 0 Å². The van der Waals surface area contributed by atoms with Crippen molar-refractivity contribution in [1.82, 2.24) is 19.6 Å². The summed E-state index contributed by atoms with van der Waals surface area (Å²) in [5, 5.41) is 4.39. The molecule has 0 amide bonds. The third-order valence-corrected chi connectivity index (χ3v) is 5.80. The number of piperidine rings is 1. The molecule has 0 bridgehead atoms. The van der Waals surface area contributed by atoms with Crippen LogP contribution in [0.5, 0.6) is 0 Å². The molecule has 154 valence electrons. The Kier molecular flexibility index (Phi) is 8.07. The average Bonchev–Trinajstić information content (AvgIpc) is 3.17. The molecule has 0 N–H and O–H groups in total. The van der Waals surface area contributed by atoms with Crippen molar-refractivity contribution in [2.75, 3.05) is 40.4 Å². The smallest absolute Gasteiger partial charge is 0.0589 e. The Morgan fingerprint density at radius 1 is 1.11 bits per heavy atom. The molecule has 0 radical (unpaired) electrons. The van der Waals surface area contributed by atoms with E-state index in [0.717, 1.165) is 38.7 Å². The number of methoxy groups -OCH3 is 1. The van der Waals surface area contributed by atoms with Gasteiger partial charge in [0.05, 0.1) is 12.8 Å². The van der Waals surface area contributed by atoms with Gasteiger partial charge in [-0.3, -0.25) is 14.5 Å². The number of likely N-dealkylation sites (N-methyl/N-ethyl adjacent to an activating group) is 1. The zero-order valence-electron chi connectivity index (χ0n) is 17.8. The normalized spacial score (nSPS) is 16.1. The first-order valence-electron chi connectivity index (χ1n) is 10.6. The Hall–Kier alpha value is -1.69. The Morgan fingerprint density at radius 2 is 1.82 bits per heavy atom. The average molecular weight is 385 g/mol. The highest BCUT2D eigenvalue weighted by Crippen LogP contribution is 2.23. The van der Waals surface area contributed by atoms with E-state index in [1.165, 1.54) is 49.0 Å². The lowest BCUT2D eigenvalue weighted by atomic mass is 9.90. The number of rotatable bonds is 10. The van der Waals surface area contributed by atoms with Gasteiger partial charge in [-0.25, -0.2) is 0 Å². The number of hydrogen-bond donors (Lipinski definition) is 0. The van der Waals surface area contributed by atoms with E-state index in [1.54, 1.807) is 7.11 Å². The summed E-state index contributed by atoms with van der Waals surface area (Å²) in [6.45, 7) is 9.26. The van der Waals surface area contributed by atoms with Crippen LogP contribution in [-0.2, 0) is 30.8 Å². The topological polar surface area (TPSA) is 33.5 Å². The van der Waals surface area contributed by atoms with Crippen molar-refractivity contribution in [3.8, 4) is 0 Å². The first-order valence-corrected chi connectivity index (χ1v) is 10.6. The highest BCUT2D eigenvalue weighted by atomic mass is 16.5. The van der Waals surface area contributed by atoms with Gasteiger partial charge in [0.2, 0.25) is 0 Å². The summed E-state index contributed by atoms with van der Waals surface area (Å²) >= 11 is 0. The maximum Gasteiger partial charge on any atom is 0.0589 e. The first kappa shape index (κ1) is 21.0. The fourth-order valence-electron chi connectivity index (χ4n) is 4.02. The maximum atomic E-state index is 5.15. The van der Waals surface area contributed by atoms with Crippen molar-refractivity contribution in [3.05, 3.63) is 53.3 Å². The molecule has 2 heterocycles. The van der Waals surface area contributed by atoms with Crippen molar-refractivity contribution in [1.29, 1.82) is 0 Å². The quantitative estimate of drug-likeness (QED) is 0.628. The summed E-state index contributed by atoms with van der Waals surface area (Å²) in [6.07, 6.45) is 8.00. The SMILES string of the molecule is CCn1cc(CN2CCC(Cc3ccc(CN(C)CCOC)cc3)CC2)cn1. The lowest BCUT2D eigenvalue weighted by molar-refractivity contribution is 0.158. The maximum absolute atomic E-state index is 5.15. The van der Waals surface area contributed by atoms with Crippen molar-refractivity contribution in [3.63, 3.8) is 0 Å². The predicted molar refractivity (Wildman–Crippen MR) is 114 cm³/mol. The van der Waals surface area contributed by atoms with Crippen LogP contribution >= 0.6 is 0 Å². The zero-order chi connectivity index (χ0) is 19.8. The van der Waals surface area contributed by atoms with Crippen LogP contribution in [0.3, 0.4) is 0 Å². The van der Waals surface area contributed by atoms with Crippen LogP contribution in [0, 0.1) is 5.92 Å². The van der Waals surface area contributed by atoms with Gasteiger partial charge in [-0.05, 0) is 63.4 Å². The highest BCUT2D eigenvalue weighted by Gasteiger charge is 2.20. The third kappa shape index (κ3) is 6.43. The van der Waals surface area contributed by atoms with Crippen LogP contribution in [0.25, 0.3) is 0 Å². The molecular weight excluding hydrogens is 348 g/mol. The van der Waals surface area contributed by atoms with Gasteiger partial charge in [0.25, 0.3) is 0 Å². The van der Waals surface area contributed by atoms with E-state index in [9.17, 15) is 0 Å². The molecule has 2 aromatic rings. The van der Waals surface area contributed by atoms with Gasteiger partial charge in [0, 0.05) is 45.0 Å². The van der Waals surface area contributed by atoms with Gasteiger partial charge >= 0.3 is 0 Å². The van der Waals surface area contributed by atoms with Gasteiger partial charge in [0.15, 0.2) is 0 Å². The summed E-state index contributed by atoms with van der Waals surface area (Å²) < 4.78 is 7.17. The minimum absolute atomic E-state index is 0.786. The number of hydrogen-bond acceptors (Lipinski definition) is 4. The molecule has 0 spiro atoms. The highest BCUT2D eigenvalue weighted by molar-refractivity contribution is 5.23. The number of nitrogens with zero attached hydrogens (tertiary/aromatic N) is 4. The molecule has 0 unspecified atom stereocenters. The van der Waals surface area contributed by atoms with Crippen molar-refractivity contribution in [2.24, 2.45) is 5.92 Å². The summed E-state index contributed by atoms with van der Waals surface area (Å²) in [7, 11) is 3.90. The fourth-order valence-corrected chi connectivity index (χ4v) is 4.02. The van der Waals surface area contributed by atoms with Crippen LogP contribution in [0.4, 0.5) is 0 Å². The lowest BCUT2D eigenvalue weighted by Gasteiger charge is -2.31. The van der Waals surface area contributed by atoms with E-state index >= 15 is 0 Å². The number of aryl methyl sites for hydroxylation is 1. The molecule has 1 fully saturated rings. The van der Waals surface area contributed by atoms with Crippen LogP contribution < -0.4 is 0 Å². The third-order valence-electron chi connectivity index (χ3n) is 5.80. The first-order chi connectivity index (χ1) is 13.7. The molecule has 5 nitrogen and oxygen atoms in total. The number of aromatic nitrogens is 2. The Morgan fingerprint density at radius 3 is 2.46 bits per heavy atom. The van der Waals surface area contributed by atoms with Crippen LogP contribution in [0.2, 0.25) is 0 Å². The summed E-state index contributed by atoms with van der Waals surface area (Å²) in [6, 6.07) is 9.23. The van der Waals surface area contributed by atoms with E-state index < -0.39 is 0 Å². The molecule has 1 aliphatic rings. The number of benzene rings is 1. The molecule has 1 aliphatic heterocycles. The molecule has 0 atom stereocenters. The molecule has 0 aliphatic carbocycles.